The molecule has 1 amide bonds. The smallest absolute Gasteiger partial charge is 0.225 e. The molecule has 1 aromatic carbocycles. The van der Waals surface area contributed by atoms with Gasteiger partial charge in [-0.3, -0.25) is 9.78 Å². The number of carbonyl (C=O) groups is 1. The zero-order valence-electron chi connectivity index (χ0n) is 22.4. The molecule has 0 bridgehead atoms. The number of nitrogens with zero attached hydrogens (tertiary/aromatic N) is 4. The zero-order chi connectivity index (χ0) is 28.6. The lowest BCUT2D eigenvalue weighted by Gasteiger charge is -2.38. The van der Waals surface area contributed by atoms with Gasteiger partial charge in [0, 0.05) is 30.6 Å². The number of thiazole rings is 1. The lowest BCUT2D eigenvalue weighted by molar-refractivity contribution is -0.134. The molecule has 1 aliphatic carbocycles. The first-order chi connectivity index (χ1) is 19.8. The van der Waals surface area contributed by atoms with Crippen molar-refractivity contribution in [2.24, 2.45) is 5.92 Å². The summed E-state index contributed by atoms with van der Waals surface area (Å²) >= 11 is 1.46. The predicted octanol–water partition coefficient (Wildman–Crippen LogP) is 3.93. The van der Waals surface area contributed by atoms with Gasteiger partial charge in [0.25, 0.3) is 0 Å². The highest BCUT2D eigenvalue weighted by Crippen LogP contribution is 2.46. The highest BCUT2D eigenvalue weighted by Gasteiger charge is 2.44. The van der Waals surface area contributed by atoms with Crippen molar-refractivity contribution in [1.82, 2.24) is 15.3 Å². The number of amides is 1. The number of benzene rings is 1. The van der Waals surface area contributed by atoms with E-state index in [1.165, 1.54) is 23.6 Å². The summed E-state index contributed by atoms with van der Waals surface area (Å²) in [6.07, 6.45) is 4.51. The fourth-order valence-electron chi connectivity index (χ4n) is 5.77. The standard InChI is InChI=1S/C29H30FN5O4S2/c30-20-7-10-24(32-15-20)28-33-25(22-3-1-2-4-23(22)27(36)34-29(16-31)17-39-18-29)26(40-28)19-5-8-21(9-6-19)35-11-13-41(37,38)14-12-35/h5-10,15,22-23H,1-4,11-14,17-18H2,(H,34,36)/t22-,23-/m1/s1. The minimum Gasteiger partial charge on any atom is -0.374 e. The molecule has 0 unspecified atom stereocenters. The zero-order valence-corrected chi connectivity index (χ0v) is 24.0. The van der Waals surface area contributed by atoms with E-state index in [0.717, 1.165) is 41.1 Å². The molecule has 0 radical (unpaired) electrons. The van der Waals surface area contributed by atoms with Crippen LogP contribution in [0.25, 0.3) is 21.1 Å². The Morgan fingerprint density at radius 3 is 2.49 bits per heavy atom. The van der Waals surface area contributed by atoms with Gasteiger partial charge in [-0.2, -0.15) is 5.26 Å². The fourth-order valence-corrected chi connectivity index (χ4v) is 8.09. The van der Waals surface area contributed by atoms with Crippen LogP contribution in [0.3, 0.4) is 0 Å². The second-order valence-electron chi connectivity index (χ2n) is 11.0. The van der Waals surface area contributed by atoms with Crippen LogP contribution in [0, 0.1) is 23.1 Å². The maximum Gasteiger partial charge on any atom is 0.225 e. The topological polar surface area (TPSA) is 125 Å². The number of aromatic nitrogens is 2. The molecule has 41 heavy (non-hydrogen) atoms. The van der Waals surface area contributed by atoms with E-state index in [-0.39, 0.29) is 42.5 Å². The molecule has 1 N–H and O–H groups in total. The second-order valence-corrected chi connectivity index (χ2v) is 14.3. The van der Waals surface area contributed by atoms with Crippen LogP contribution in [0.2, 0.25) is 0 Å². The van der Waals surface area contributed by atoms with Gasteiger partial charge in [0.2, 0.25) is 5.91 Å². The van der Waals surface area contributed by atoms with E-state index < -0.39 is 21.2 Å². The van der Waals surface area contributed by atoms with E-state index in [1.807, 2.05) is 24.3 Å². The lowest BCUT2D eigenvalue weighted by Crippen LogP contribution is -2.62. The first-order valence-corrected chi connectivity index (χ1v) is 16.4. The van der Waals surface area contributed by atoms with Crippen molar-refractivity contribution in [3.63, 3.8) is 0 Å². The third-order valence-corrected chi connectivity index (χ3v) is 10.9. The molecule has 6 rings (SSSR count). The lowest BCUT2D eigenvalue weighted by atomic mass is 9.76. The van der Waals surface area contributed by atoms with Gasteiger partial charge in [-0.1, -0.05) is 25.0 Å². The molecule has 3 aliphatic rings. The Morgan fingerprint density at radius 2 is 1.85 bits per heavy atom. The second kappa shape index (κ2) is 11.1. The molecule has 3 aromatic rings. The molecule has 3 fully saturated rings. The van der Waals surface area contributed by atoms with E-state index in [9.17, 15) is 22.9 Å². The summed E-state index contributed by atoms with van der Waals surface area (Å²) < 4.78 is 42.6. The Morgan fingerprint density at radius 1 is 1.12 bits per heavy atom. The molecule has 4 heterocycles. The van der Waals surface area contributed by atoms with Crippen molar-refractivity contribution < 1.29 is 22.3 Å². The van der Waals surface area contributed by atoms with E-state index >= 15 is 0 Å². The van der Waals surface area contributed by atoms with E-state index in [4.69, 9.17) is 9.72 Å². The number of carbonyl (C=O) groups excluding carboxylic acids is 1. The van der Waals surface area contributed by atoms with E-state index in [2.05, 4.69) is 21.3 Å². The summed E-state index contributed by atoms with van der Waals surface area (Å²) in [5.74, 6) is -0.803. The van der Waals surface area contributed by atoms with Crippen LogP contribution in [0.4, 0.5) is 10.1 Å². The Labute approximate surface area is 242 Å². The van der Waals surface area contributed by atoms with Crippen molar-refractivity contribution in [3.8, 4) is 27.2 Å². The summed E-state index contributed by atoms with van der Waals surface area (Å²) in [6.45, 7) is 1.29. The molecule has 1 saturated carbocycles. The predicted molar refractivity (Wildman–Crippen MR) is 154 cm³/mol. The largest absolute Gasteiger partial charge is 0.374 e. The minimum absolute atomic E-state index is 0.145. The number of nitriles is 1. The number of sulfone groups is 1. The van der Waals surface area contributed by atoms with Crippen molar-refractivity contribution in [3.05, 3.63) is 54.1 Å². The van der Waals surface area contributed by atoms with Crippen LogP contribution in [0.5, 0.6) is 0 Å². The van der Waals surface area contributed by atoms with Gasteiger partial charge in [0.05, 0.1) is 53.3 Å². The Kier molecular flexibility index (Phi) is 7.52. The summed E-state index contributed by atoms with van der Waals surface area (Å²) in [6, 6.07) is 13.2. The molecule has 214 valence electrons. The quantitative estimate of drug-likeness (QED) is 0.455. The maximum absolute atomic E-state index is 13.6. The van der Waals surface area contributed by atoms with Crippen molar-refractivity contribution in [2.75, 3.05) is 42.7 Å². The molecule has 12 heteroatoms. The normalized spacial score (nSPS) is 23.3. The number of hydrogen-bond donors (Lipinski definition) is 1. The van der Waals surface area contributed by atoms with Gasteiger partial charge in [-0.25, -0.2) is 17.8 Å². The Bertz CT molecular complexity index is 1570. The van der Waals surface area contributed by atoms with Crippen molar-refractivity contribution >= 4 is 32.8 Å². The average Bonchev–Trinajstić information content (AvgIpc) is 3.41. The van der Waals surface area contributed by atoms with Crippen molar-refractivity contribution in [2.45, 2.75) is 37.1 Å². The number of pyridine rings is 1. The van der Waals surface area contributed by atoms with Crippen LogP contribution in [-0.4, -0.2) is 67.6 Å². The number of nitrogens with one attached hydrogen (secondary N) is 1. The average molecular weight is 596 g/mol. The van der Waals surface area contributed by atoms with Crippen LogP contribution in [-0.2, 0) is 19.4 Å². The van der Waals surface area contributed by atoms with E-state index in [0.29, 0.717) is 30.2 Å². The Hall–Kier alpha value is -3.40. The molecule has 0 spiro atoms. The third kappa shape index (κ3) is 5.71. The monoisotopic (exact) mass is 595 g/mol. The SMILES string of the molecule is N#CC1(NC(=O)[C@@H]2CCCC[C@H]2c2nc(-c3ccc(F)cn3)sc2-c2ccc(N3CCS(=O)(=O)CC3)cc2)COC1. The van der Waals surface area contributed by atoms with Gasteiger partial charge < -0.3 is 15.0 Å². The summed E-state index contributed by atoms with van der Waals surface area (Å²) in [5.41, 5.74) is 2.28. The summed E-state index contributed by atoms with van der Waals surface area (Å²) in [5, 5.41) is 13.2. The number of halogens is 1. The summed E-state index contributed by atoms with van der Waals surface area (Å²) in [4.78, 5) is 25.8. The van der Waals surface area contributed by atoms with Crippen molar-refractivity contribution in [1.29, 1.82) is 5.26 Å². The number of hydrogen-bond acceptors (Lipinski definition) is 9. The highest BCUT2D eigenvalue weighted by atomic mass is 32.2. The van der Waals surface area contributed by atoms with Gasteiger partial charge in [-0.15, -0.1) is 11.3 Å². The fraction of sp³-hybridized carbons (Fsp3) is 0.448. The molecular formula is C29H30FN5O4S2. The van der Waals surface area contributed by atoms with Gasteiger partial charge in [0.1, 0.15) is 10.8 Å². The summed E-state index contributed by atoms with van der Waals surface area (Å²) in [7, 11) is -2.98. The number of ether oxygens (including phenoxy) is 1. The third-order valence-electron chi connectivity index (χ3n) is 8.17. The minimum atomic E-state index is -2.98. The van der Waals surface area contributed by atoms with Gasteiger partial charge in [0.15, 0.2) is 15.4 Å². The first kappa shape index (κ1) is 27.8. The highest BCUT2D eigenvalue weighted by molar-refractivity contribution is 7.91. The van der Waals surface area contributed by atoms with Crippen LogP contribution < -0.4 is 10.2 Å². The molecule has 2 atom stereocenters. The molecule has 2 aromatic heterocycles. The van der Waals surface area contributed by atoms with Gasteiger partial charge in [-0.05, 0) is 42.7 Å². The van der Waals surface area contributed by atoms with E-state index in [1.54, 1.807) is 6.07 Å². The number of rotatable bonds is 6. The molecule has 2 aliphatic heterocycles. The Balaban J connectivity index is 1.34. The molecule has 2 saturated heterocycles. The van der Waals surface area contributed by atoms with Crippen LogP contribution in [0.15, 0.2) is 42.6 Å². The first-order valence-electron chi connectivity index (χ1n) is 13.8. The maximum atomic E-state index is 13.6. The van der Waals surface area contributed by atoms with Gasteiger partial charge >= 0.3 is 0 Å². The van der Waals surface area contributed by atoms with Crippen LogP contribution >= 0.6 is 11.3 Å². The van der Waals surface area contributed by atoms with Crippen LogP contribution in [0.1, 0.15) is 37.3 Å². The molecule has 9 nitrogen and oxygen atoms in total. The number of anilines is 1. The molecular weight excluding hydrogens is 565 g/mol.